The van der Waals surface area contributed by atoms with Gasteiger partial charge >= 0.3 is 0 Å². The summed E-state index contributed by atoms with van der Waals surface area (Å²) in [5.74, 6) is -0.00875. The zero-order valence-corrected chi connectivity index (χ0v) is 8.43. The molecule has 0 spiro atoms. The van der Waals surface area contributed by atoms with E-state index in [1.54, 1.807) is 12.1 Å². The number of carbonyl (C=O) groups excluding carboxylic acids is 2. The molecule has 0 aliphatic carbocycles. The van der Waals surface area contributed by atoms with Gasteiger partial charge in [0.15, 0.2) is 0 Å². The molecular weight excluding hydrogens is 198 g/mol. The lowest BCUT2D eigenvalue weighted by atomic mass is 10.2. The van der Waals surface area contributed by atoms with Crippen molar-refractivity contribution in [2.24, 2.45) is 0 Å². The van der Waals surface area contributed by atoms with Crippen LogP contribution in [0.25, 0.3) is 0 Å². The fourth-order valence-corrected chi connectivity index (χ4v) is 2.23. The molecule has 0 fully saturated rings. The van der Waals surface area contributed by atoms with E-state index in [0.29, 0.717) is 5.56 Å². The summed E-state index contributed by atoms with van der Waals surface area (Å²) in [6.45, 7) is 1.86. The maximum atomic E-state index is 11.3. The second-order valence-electron chi connectivity index (χ2n) is 3.12. The van der Waals surface area contributed by atoms with Crippen LogP contribution in [0.1, 0.15) is 17.3 Å². The molecule has 0 bridgehead atoms. The van der Waals surface area contributed by atoms with Crippen LogP contribution in [0.15, 0.2) is 23.1 Å². The van der Waals surface area contributed by atoms with E-state index in [4.69, 9.17) is 0 Å². The Labute approximate surface area is 85.9 Å². The zero-order valence-electron chi connectivity index (χ0n) is 7.61. The van der Waals surface area contributed by atoms with Crippen molar-refractivity contribution in [1.82, 2.24) is 0 Å². The van der Waals surface area contributed by atoms with Crippen LogP contribution in [0.4, 0.5) is 5.69 Å². The molecule has 1 aromatic rings. The van der Waals surface area contributed by atoms with Crippen molar-refractivity contribution in [3.8, 4) is 0 Å². The highest BCUT2D eigenvalue weighted by Crippen LogP contribution is 2.35. The molecule has 1 atom stereocenters. The van der Waals surface area contributed by atoms with Crippen LogP contribution in [0.5, 0.6) is 0 Å². The molecule has 1 unspecified atom stereocenters. The highest BCUT2D eigenvalue weighted by Gasteiger charge is 2.22. The number of rotatable bonds is 1. The summed E-state index contributed by atoms with van der Waals surface area (Å²) in [6, 6.07) is 5.31. The molecule has 0 aromatic heterocycles. The number of aldehydes is 1. The Hall–Kier alpha value is -1.29. The van der Waals surface area contributed by atoms with Gasteiger partial charge in [0.1, 0.15) is 6.29 Å². The van der Waals surface area contributed by atoms with E-state index < -0.39 is 0 Å². The van der Waals surface area contributed by atoms with Crippen molar-refractivity contribution in [2.75, 3.05) is 5.32 Å². The van der Waals surface area contributed by atoms with Gasteiger partial charge in [0.25, 0.3) is 0 Å². The predicted octanol–water partition coefficient (Wildman–Crippen LogP) is 1.93. The van der Waals surface area contributed by atoms with Crippen LogP contribution in [-0.2, 0) is 4.79 Å². The van der Waals surface area contributed by atoms with E-state index in [2.05, 4.69) is 5.32 Å². The second-order valence-corrected chi connectivity index (χ2v) is 4.51. The Kier molecular flexibility index (Phi) is 2.29. The van der Waals surface area contributed by atoms with E-state index in [-0.39, 0.29) is 11.2 Å². The van der Waals surface area contributed by atoms with Crippen LogP contribution in [-0.4, -0.2) is 17.4 Å². The molecule has 1 aliphatic heterocycles. The van der Waals surface area contributed by atoms with E-state index in [1.165, 1.54) is 11.8 Å². The Morgan fingerprint density at radius 3 is 3.00 bits per heavy atom. The fraction of sp³-hybridized carbons (Fsp3) is 0.200. The van der Waals surface area contributed by atoms with Crippen LogP contribution in [0.2, 0.25) is 0 Å². The van der Waals surface area contributed by atoms with Gasteiger partial charge in [0.2, 0.25) is 5.91 Å². The first-order valence-corrected chi connectivity index (χ1v) is 5.15. The highest BCUT2D eigenvalue weighted by molar-refractivity contribution is 8.00. The number of fused-ring (bicyclic) bond motifs is 1. The van der Waals surface area contributed by atoms with E-state index in [9.17, 15) is 9.59 Å². The van der Waals surface area contributed by atoms with Gasteiger partial charge in [0.05, 0.1) is 10.9 Å². The molecule has 2 rings (SSSR count). The van der Waals surface area contributed by atoms with Crippen LogP contribution >= 0.6 is 11.8 Å². The second kappa shape index (κ2) is 3.46. The molecule has 0 radical (unpaired) electrons. The first kappa shape index (κ1) is 9.27. The number of thioether (sulfide) groups is 1. The molecule has 3 nitrogen and oxygen atoms in total. The van der Waals surface area contributed by atoms with Gasteiger partial charge in [-0.15, -0.1) is 11.8 Å². The predicted molar refractivity (Wildman–Crippen MR) is 55.8 cm³/mol. The van der Waals surface area contributed by atoms with Crippen molar-refractivity contribution in [3.63, 3.8) is 0 Å². The molecule has 72 valence electrons. The van der Waals surface area contributed by atoms with Gasteiger partial charge in [-0.25, -0.2) is 0 Å². The normalized spacial score (nSPS) is 19.8. The standard InChI is InChI=1S/C10H9NO2S/c1-6-10(13)11-8-4-7(5-12)2-3-9(8)14-6/h2-6H,1H3,(H,11,13). The lowest BCUT2D eigenvalue weighted by Crippen LogP contribution is -2.26. The average Bonchev–Trinajstić information content (AvgIpc) is 2.19. The van der Waals surface area contributed by atoms with Crippen LogP contribution in [0.3, 0.4) is 0 Å². The maximum Gasteiger partial charge on any atom is 0.237 e. The van der Waals surface area contributed by atoms with Crippen molar-refractivity contribution in [1.29, 1.82) is 0 Å². The van der Waals surface area contributed by atoms with Crippen molar-refractivity contribution in [3.05, 3.63) is 23.8 Å². The monoisotopic (exact) mass is 207 g/mol. The molecular formula is C10H9NO2S. The van der Waals surface area contributed by atoms with Crippen LogP contribution < -0.4 is 5.32 Å². The number of hydrogen-bond acceptors (Lipinski definition) is 3. The molecule has 4 heteroatoms. The summed E-state index contributed by atoms with van der Waals surface area (Å²) >= 11 is 1.51. The zero-order chi connectivity index (χ0) is 10.1. The molecule has 1 N–H and O–H groups in total. The smallest absolute Gasteiger partial charge is 0.237 e. The average molecular weight is 207 g/mol. The quantitative estimate of drug-likeness (QED) is 0.716. The Morgan fingerprint density at radius 2 is 2.29 bits per heavy atom. The minimum absolute atomic E-state index is 0.00875. The van der Waals surface area contributed by atoms with E-state index in [0.717, 1.165) is 16.9 Å². The summed E-state index contributed by atoms with van der Waals surface area (Å²) < 4.78 is 0. The largest absolute Gasteiger partial charge is 0.324 e. The van der Waals surface area contributed by atoms with Gasteiger partial charge in [0, 0.05) is 10.5 Å². The Morgan fingerprint density at radius 1 is 1.50 bits per heavy atom. The third-order valence-corrected chi connectivity index (χ3v) is 3.25. The minimum Gasteiger partial charge on any atom is -0.324 e. The molecule has 1 amide bonds. The van der Waals surface area contributed by atoms with Crippen molar-refractivity contribution in [2.45, 2.75) is 17.1 Å². The van der Waals surface area contributed by atoms with Crippen molar-refractivity contribution < 1.29 is 9.59 Å². The number of anilines is 1. The van der Waals surface area contributed by atoms with Gasteiger partial charge in [-0.05, 0) is 19.1 Å². The molecule has 0 saturated heterocycles. The molecule has 14 heavy (non-hydrogen) atoms. The number of amides is 1. The molecule has 1 heterocycles. The number of nitrogens with one attached hydrogen (secondary N) is 1. The Bertz CT molecular complexity index is 403. The Balaban J connectivity index is 2.42. The van der Waals surface area contributed by atoms with Crippen LogP contribution in [0, 0.1) is 0 Å². The number of benzene rings is 1. The SMILES string of the molecule is CC1Sc2ccc(C=O)cc2NC1=O. The maximum absolute atomic E-state index is 11.3. The van der Waals surface area contributed by atoms with Crippen molar-refractivity contribution >= 4 is 29.6 Å². The minimum atomic E-state index is -0.0652. The summed E-state index contributed by atoms with van der Waals surface area (Å²) in [5, 5.41) is 2.70. The summed E-state index contributed by atoms with van der Waals surface area (Å²) in [4.78, 5) is 22.9. The third-order valence-electron chi connectivity index (χ3n) is 2.07. The van der Waals surface area contributed by atoms with E-state index >= 15 is 0 Å². The third kappa shape index (κ3) is 1.53. The summed E-state index contributed by atoms with van der Waals surface area (Å²) in [5.41, 5.74) is 1.32. The first-order valence-electron chi connectivity index (χ1n) is 4.27. The van der Waals surface area contributed by atoms with Gasteiger partial charge < -0.3 is 5.32 Å². The van der Waals surface area contributed by atoms with E-state index in [1.807, 2.05) is 13.0 Å². The molecule has 0 saturated carbocycles. The summed E-state index contributed by atoms with van der Waals surface area (Å²) in [6.07, 6.45) is 0.773. The fourth-order valence-electron chi connectivity index (χ4n) is 1.30. The number of hydrogen-bond donors (Lipinski definition) is 1. The number of carbonyl (C=O) groups is 2. The lowest BCUT2D eigenvalue weighted by Gasteiger charge is -2.21. The van der Waals surface area contributed by atoms with Gasteiger partial charge in [-0.2, -0.15) is 0 Å². The summed E-state index contributed by atoms with van der Waals surface area (Å²) in [7, 11) is 0. The lowest BCUT2D eigenvalue weighted by molar-refractivity contribution is -0.115. The molecule has 1 aromatic carbocycles. The topological polar surface area (TPSA) is 46.2 Å². The highest BCUT2D eigenvalue weighted by atomic mass is 32.2. The first-order chi connectivity index (χ1) is 6.70. The van der Waals surface area contributed by atoms with Gasteiger partial charge in [-0.1, -0.05) is 6.07 Å². The van der Waals surface area contributed by atoms with Gasteiger partial charge in [-0.3, -0.25) is 9.59 Å². The molecule has 1 aliphatic rings.